The van der Waals surface area contributed by atoms with Gasteiger partial charge in [0.25, 0.3) is 0 Å². The molecule has 0 aliphatic carbocycles. The van der Waals surface area contributed by atoms with E-state index in [-0.39, 0.29) is 5.75 Å². The van der Waals surface area contributed by atoms with E-state index < -0.39 is 12.7 Å². The predicted octanol–water partition coefficient (Wildman–Crippen LogP) is 4.15. The van der Waals surface area contributed by atoms with Gasteiger partial charge >= 0.3 is 6.61 Å². The summed E-state index contributed by atoms with van der Waals surface area (Å²) in [6.07, 6.45) is 2.12. The number of benzene rings is 1. The van der Waals surface area contributed by atoms with E-state index in [2.05, 4.69) is 18.6 Å². The molecule has 0 aliphatic heterocycles. The second kappa shape index (κ2) is 7.31. The average molecular weight is 258 g/mol. The Balaban J connectivity index is 2.64. The van der Waals surface area contributed by atoms with Crippen LogP contribution in [0.3, 0.4) is 0 Å². The molecule has 2 atom stereocenters. The number of hydrogen-bond donors (Lipinski definition) is 1. The molecule has 0 saturated heterocycles. The van der Waals surface area contributed by atoms with Gasteiger partial charge in [0.05, 0.1) is 6.10 Å². The molecule has 0 aromatic heterocycles. The predicted molar refractivity (Wildman–Crippen MR) is 66.7 cm³/mol. The van der Waals surface area contributed by atoms with Crippen LogP contribution in [0.15, 0.2) is 24.3 Å². The number of hydrogen-bond acceptors (Lipinski definition) is 2. The second-order valence-electron chi connectivity index (χ2n) is 4.60. The van der Waals surface area contributed by atoms with E-state index in [4.69, 9.17) is 0 Å². The van der Waals surface area contributed by atoms with E-state index >= 15 is 0 Å². The summed E-state index contributed by atoms with van der Waals surface area (Å²) in [6.45, 7) is 1.34. The Labute approximate surface area is 107 Å². The minimum Gasteiger partial charge on any atom is -0.435 e. The maximum absolute atomic E-state index is 12.1. The maximum atomic E-state index is 12.1. The Morgan fingerprint density at radius 2 is 2.06 bits per heavy atom. The van der Waals surface area contributed by atoms with Crippen molar-refractivity contribution in [1.82, 2.24) is 0 Å². The Morgan fingerprint density at radius 1 is 1.33 bits per heavy atom. The third-order valence-corrected chi connectivity index (χ3v) is 2.88. The molecule has 0 saturated carbocycles. The number of rotatable bonds is 7. The number of ether oxygens (including phenoxy) is 1. The molecule has 1 N–H and O–H groups in total. The molecule has 0 aliphatic rings. The quantitative estimate of drug-likeness (QED) is 0.796. The van der Waals surface area contributed by atoms with Crippen molar-refractivity contribution in [2.24, 2.45) is 5.92 Å². The van der Waals surface area contributed by atoms with Crippen molar-refractivity contribution in [1.29, 1.82) is 0 Å². The highest BCUT2D eigenvalue weighted by atomic mass is 19.3. The summed E-state index contributed by atoms with van der Waals surface area (Å²) in [6, 6.07) is 6.26. The van der Waals surface area contributed by atoms with Crippen LogP contribution >= 0.6 is 0 Å². The summed E-state index contributed by atoms with van der Waals surface area (Å²) in [5.41, 5.74) is 0.621. The minimum absolute atomic E-state index is 0.0877. The molecule has 4 heteroatoms. The van der Waals surface area contributed by atoms with Crippen molar-refractivity contribution in [2.45, 2.75) is 45.8 Å². The van der Waals surface area contributed by atoms with Crippen LogP contribution in [0.1, 0.15) is 44.8 Å². The molecule has 0 bridgehead atoms. The summed E-state index contributed by atoms with van der Waals surface area (Å²) in [5, 5.41) is 10.0. The zero-order chi connectivity index (χ0) is 13.5. The molecule has 1 aromatic carbocycles. The highest BCUT2D eigenvalue weighted by molar-refractivity contribution is 5.29. The molecule has 2 nitrogen and oxygen atoms in total. The largest absolute Gasteiger partial charge is 0.435 e. The van der Waals surface area contributed by atoms with Crippen LogP contribution in [0.2, 0.25) is 0 Å². The number of aliphatic hydroxyl groups is 1. The lowest BCUT2D eigenvalue weighted by Crippen LogP contribution is -2.06. The zero-order valence-corrected chi connectivity index (χ0v) is 10.8. The molecule has 0 heterocycles. The molecule has 18 heavy (non-hydrogen) atoms. The summed E-state index contributed by atoms with van der Waals surface area (Å²) in [4.78, 5) is 0. The van der Waals surface area contributed by atoms with Gasteiger partial charge < -0.3 is 9.84 Å². The smallest absolute Gasteiger partial charge is 0.387 e. The van der Waals surface area contributed by atoms with Gasteiger partial charge in [0.15, 0.2) is 0 Å². The molecule has 1 aromatic rings. The van der Waals surface area contributed by atoms with Gasteiger partial charge in [-0.3, -0.25) is 0 Å². The first-order valence-electron chi connectivity index (χ1n) is 6.25. The van der Waals surface area contributed by atoms with Crippen LogP contribution in [0.4, 0.5) is 8.78 Å². The summed E-state index contributed by atoms with van der Waals surface area (Å²) >= 11 is 0. The molecule has 2 unspecified atom stereocenters. The highest BCUT2D eigenvalue weighted by Crippen LogP contribution is 2.26. The molecule has 0 spiro atoms. The monoisotopic (exact) mass is 258 g/mol. The highest BCUT2D eigenvalue weighted by Gasteiger charge is 2.13. The minimum atomic E-state index is -2.84. The normalized spacial score (nSPS) is 14.6. The van der Waals surface area contributed by atoms with E-state index in [0.29, 0.717) is 17.9 Å². The van der Waals surface area contributed by atoms with Crippen molar-refractivity contribution in [3.63, 3.8) is 0 Å². The van der Waals surface area contributed by atoms with Crippen molar-refractivity contribution < 1.29 is 18.6 Å². The number of halogens is 2. The van der Waals surface area contributed by atoms with Gasteiger partial charge in [-0.05, 0) is 30.0 Å². The first-order chi connectivity index (χ1) is 8.52. The van der Waals surface area contributed by atoms with Crippen LogP contribution in [0.5, 0.6) is 5.75 Å². The van der Waals surface area contributed by atoms with Crippen LogP contribution < -0.4 is 4.74 Å². The average Bonchev–Trinajstić information content (AvgIpc) is 2.28. The topological polar surface area (TPSA) is 29.5 Å². The SMILES string of the molecule is CCCC(C)CC(O)c1cccc(OC(F)F)c1. The van der Waals surface area contributed by atoms with E-state index in [9.17, 15) is 13.9 Å². The van der Waals surface area contributed by atoms with Gasteiger partial charge in [-0.1, -0.05) is 38.8 Å². The first kappa shape index (κ1) is 14.9. The lowest BCUT2D eigenvalue weighted by atomic mass is 9.95. The third kappa shape index (κ3) is 5.00. The van der Waals surface area contributed by atoms with E-state index in [1.54, 1.807) is 12.1 Å². The van der Waals surface area contributed by atoms with Crippen molar-refractivity contribution in [3.05, 3.63) is 29.8 Å². The molecule has 0 fully saturated rings. The second-order valence-corrected chi connectivity index (χ2v) is 4.60. The molecule has 1 rings (SSSR count). The van der Waals surface area contributed by atoms with Gasteiger partial charge in [-0.15, -0.1) is 0 Å². The Hall–Kier alpha value is -1.16. The lowest BCUT2D eigenvalue weighted by Gasteiger charge is -2.17. The molecular weight excluding hydrogens is 238 g/mol. The fourth-order valence-corrected chi connectivity index (χ4v) is 2.03. The van der Waals surface area contributed by atoms with Gasteiger partial charge in [0.1, 0.15) is 5.75 Å². The summed E-state index contributed by atoms with van der Waals surface area (Å²) in [5.74, 6) is 0.495. The fraction of sp³-hybridized carbons (Fsp3) is 0.571. The van der Waals surface area contributed by atoms with Crippen LogP contribution in [-0.2, 0) is 0 Å². The molecular formula is C14H20F2O2. The van der Waals surface area contributed by atoms with Crippen LogP contribution in [-0.4, -0.2) is 11.7 Å². The third-order valence-electron chi connectivity index (χ3n) is 2.88. The molecule has 0 amide bonds. The van der Waals surface area contributed by atoms with Crippen molar-refractivity contribution in [3.8, 4) is 5.75 Å². The fourth-order valence-electron chi connectivity index (χ4n) is 2.03. The molecule has 0 radical (unpaired) electrons. The Kier molecular flexibility index (Phi) is 6.05. The van der Waals surface area contributed by atoms with Crippen LogP contribution in [0, 0.1) is 5.92 Å². The van der Waals surface area contributed by atoms with Gasteiger partial charge in [-0.2, -0.15) is 8.78 Å². The van der Waals surface area contributed by atoms with Crippen molar-refractivity contribution in [2.75, 3.05) is 0 Å². The van der Waals surface area contributed by atoms with E-state index in [1.807, 2.05) is 0 Å². The summed E-state index contributed by atoms with van der Waals surface area (Å²) < 4.78 is 28.5. The Morgan fingerprint density at radius 3 is 2.67 bits per heavy atom. The van der Waals surface area contributed by atoms with E-state index in [1.165, 1.54) is 12.1 Å². The number of aliphatic hydroxyl groups excluding tert-OH is 1. The molecule has 102 valence electrons. The van der Waals surface area contributed by atoms with Gasteiger partial charge in [0, 0.05) is 0 Å². The zero-order valence-electron chi connectivity index (χ0n) is 10.8. The number of alkyl halides is 2. The maximum Gasteiger partial charge on any atom is 0.387 e. The van der Waals surface area contributed by atoms with Crippen LogP contribution in [0.25, 0.3) is 0 Å². The summed E-state index contributed by atoms with van der Waals surface area (Å²) in [7, 11) is 0. The van der Waals surface area contributed by atoms with Gasteiger partial charge in [-0.25, -0.2) is 0 Å². The van der Waals surface area contributed by atoms with Gasteiger partial charge in [0.2, 0.25) is 0 Å². The lowest BCUT2D eigenvalue weighted by molar-refractivity contribution is -0.0500. The standard InChI is InChI=1S/C14H20F2O2/c1-3-5-10(2)8-13(17)11-6-4-7-12(9-11)18-14(15)16/h4,6-7,9-10,13-14,17H,3,5,8H2,1-2H3. The first-order valence-corrected chi connectivity index (χ1v) is 6.25. The van der Waals surface area contributed by atoms with Crippen molar-refractivity contribution >= 4 is 0 Å². The Bertz CT molecular complexity index is 355. The van der Waals surface area contributed by atoms with E-state index in [0.717, 1.165) is 12.8 Å².